The minimum absolute atomic E-state index is 0.00472. The highest BCUT2D eigenvalue weighted by atomic mass is 35.5. The lowest BCUT2D eigenvalue weighted by Gasteiger charge is -2.01. The Morgan fingerprint density at radius 1 is 1.46 bits per heavy atom. The number of nitrogens with zero attached hydrogens (tertiary/aromatic N) is 4. The van der Waals surface area contributed by atoms with Crippen molar-refractivity contribution in [2.24, 2.45) is 0 Å². The number of halogens is 2. The van der Waals surface area contributed by atoms with E-state index in [0.29, 0.717) is 0 Å². The molecular weight excluding hydrogens is 195 g/mol. The summed E-state index contributed by atoms with van der Waals surface area (Å²) in [6.45, 7) is 0. The predicted molar refractivity (Wildman–Crippen MR) is 44.1 cm³/mol. The van der Waals surface area contributed by atoms with Crippen LogP contribution in [0, 0.1) is 5.82 Å². The van der Waals surface area contributed by atoms with Gasteiger partial charge in [0, 0.05) is 12.4 Å². The average Bonchev–Trinajstić information content (AvgIpc) is 2.61. The van der Waals surface area contributed by atoms with Gasteiger partial charge in [-0.2, -0.15) is 4.98 Å². The fraction of sp³-hybridized carbons (Fsp3) is 0. The standard InChI is InChI=1S/C7H4ClFN4/c8-7-11-3-5(9)6(12-7)13-2-1-10-4-13/h1-4H. The third-order valence-electron chi connectivity index (χ3n) is 1.45. The lowest BCUT2D eigenvalue weighted by molar-refractivity contribution is 0.601. The summed E-state index contributed by atoms with van der Waals surface area (Å²) >= 11 is 5.51. The molecule has 6 heteroatoms. The van der Waals surface area contributed by atoms with Gasteiger partial charge in [-0.1, -0.05) is 0 Å². The first-order valence-corrected chi connectivity index (χ1v) is 3.81. The molecule has 0 radical (unpaired) electrons. The molecule has 0 amide bonds. The van der Waals surface area contributed by atoms with Crippen molar-refractivity contribution in [3.05, 3.63) is 36.0 Å². The number of hydrogen-bond acceptors (Lipinski definition) is 3. The van der Waals surface area contributed by atoms with Crippen molar-refractivity contribution < 1.29 is 4.39 Å². The van der Waals surface area contributed by atoms with Crippen molar-refractivity contribution in [2.75, 3.05) is 0 Å². The molecule has 2 aromatic heterocycles. The predicted octanol–water partition coefficient (Wildman–Crippen LogP) is 1.45. The quantitative estimate of drug-likeness (QED) is 0.652. The van der Waals surface area contributed by atoms with Crippen LogP contribution in [0.2, 0.25) is 5.28 Å². The zero-order chi connectivity index (χ0) is 9.26. The van der Waals surface area contributed by atoms with E-state index in [0.717, 1.165) is 6.20 Å². The molecule has 66 valence electrons. The summed E-state index contributed by atoms with van der Waals surface area (Å²) in [6.07, 6.45) is 5.55. The van der Waals surface area contributed by atoms with Crippen LogP contribution in [0.15, 0.2) is 24.9 Å². The zero-order valence-electron chi connectivity index (χ0n) is 6.35. The lowest BCUT2D eigenvalue weighted by Crippen LogP contribution is -2.00. The topological polar surface area (TPSA) is 43.6 Å². The van der Waals surface area contributed by atoms with E-state index < -0.39 is 5.82 Å². The smallest absolute Gasteiger partial charge is 0.224 e. The van der Waals surface area contributed by atoms with Gasteiger partial charge in [-0.15, -0.1) is 0 Å². The van der Waals surface area contributed by atoms with Crippen molar-refractivity contribution in [1.29, 1.82) is 0 Å². The molecule has 0 aliphatic heterocycles. The van der Waals surface area contributed by atoms with Crippen molar-refractivity contribution in [1.82, 2.24) is 19.5 Å². The number of imidazole rings is 1. The van der Waals surface area contributed by atoms with Crippen LogP contribution in [0.25, 0.3) is 5.82 Å². The number of aromatic nitrogens is 4. The third-order valence-corrected chi connectivity index (χ3v) is 1.63. The summed E-state index contributed by atoms with van der Waals surface area (Å²) in [7, 11) is 0. The molecule has 0 aliphatic carbocycles. The molecule has 0 saturated carbocycles. The molecule has 0 saturated heterocycles. The van der Waals surface area contributed by atoms with E-state index in [1.165, 1.54) is 17.1 Å². The zero-order valence-corrected chi connectivity index (χ0v) is 7.11. The fourth-order valence-corrected chi connectivity index (χ4v) is 1.03. The van der Waals surface area contributed by atoms with Crippen LogP contribution in [0.1, 0.15) is 0 Å². The minimum atomic E-state index is -0.539. The van der Waals surface area contributed by atoms with Crippen LogP contribution in [0.3, 0.4) is 0 Å². The number of hydrogen-bond donors (Lipinski definition) is 0. The summed E-state index contributed by atoms with van der Waals surface area (Å²) in [5.41, 5.74) is 0. The van der Waals surface area contributed by atoms with E-state index in [2.05, 4.69) is 15.0 Å². The van der Waals surface area contributed by atoms with Crippen molar-refractivity contribution >= 4 is 11.6 Å². The molecular formula is C7H4ClFN4. The van der Waals surface area contributed by atoms with Gasteiger partial charge in [0.25, 0.3) is 0 Å². The molecule has 0 atom stereocenters. The Morgan fingerprint density at radius 2 is 2.31 bits per heavy atom. The molecule has 2 aromatic rings. The summed E-state index contributed by atoms with van der Waals surface area (Å²) in [4.78, 5) is 11.0. The second-order valence-electron chi connectivity index (χ2n) is 2.28. The Labute approximate surface area is 78.0 Å². The molecule has 0 spiro atoms. The monoisotopic (exact) mass is 198 g/mol. The van der Waals surface area contributed by atoms with E-state index in [4.69, 9.17) is 11.6 Å². The van der Waals surface area contributed by atoms with E-state index in [1.54, 1.807) is 6.20 Å². The van der Waals surface area contributed by atoms with Crippen LogP contribution >= 0.6 is 11.6 Å². The summed E-state index contributed by atoms with van der Waals surface area (Å²) in [6, 6.07) is 0. The molecule has 4 nitrogen and oxygen atoms in total. The van der Waals surface area contributed by atoms with Gasteiger partial charge in [0.1, 0.15) is 6.33 Å². The molecule has 2 heterocycles. The molecule has 0 aromatic carbocycles. The SMILES string of the molecule is Fc1cnc(Cl)nc1-n1ccnc1. The van der Waals surface area contributed by atoms with Crippen LogP contribution in [0.5, 0.6) is 0 Å². The van der Waals surface area contributed by atoms with Crippen molar-refractivity contribution in [3.8, 4) is 5.82 Å². The first-order chi connectivity index (χ1) is 6.27. The van der Waals surface area contributed by atoms with Crippen molar-refractivity contribution in [2.45, 2.75) is 0 Å². The van der Waals surface area contributed by atoms with Gasteiger partial charge in [0.15, 0.2) is 11.6 Å². The highest BCUT2D eigenvalue weighted by Crippen LogP contribution is 2.10. The summed E-state index contributed by atoms with van der Waals surface area (Å²) < 4.78 is 14.5. The largest absolute Gasteiger partial charge is 0.288 e. The lowest BCUT2D eigenvalue weighted by atomic mass is 10.5. The third kappa shape index (κ3) is 1.50. The van der Waals surface area contributed by atoms with Gasteiger partial charge < -0.3 is 0 Å². The number of rotatable bonds is 1. The second kappa shape index (κ2) is 3.10. The Morgan fingerprint density at radius 3 is 3.00 bits per heavy atom. The maximum Gasteiger partial charge on any atom is 0.224 e. The molecule has 13 heavy (non-hydrogen) atoms. The normalized spacial score (nSPS) is 10.3. The van der Waals surface area contributed by atoms with E-state index in [-0.39, 0.29) is 11.1 Å². The van der Waals surface area contributed by atoms with Gasteiger partial charge in [-0.25, -0.2) is 14.4 Å². The van der Waals surface area contributed by atoms with Crippen LogP contribution in [0.4, 0.5) is 4.39 Å². The van der Waals surface area contributed by atoms with Gasteiger partial charge in [-0.05, 0) is 11.6 Å². The molecule has 0 unspecified atom stereocenters. The summed E-state index contributed by atoms with van der Waals surface area (Å²) in [5.74, 6) is -0.445. The van der Waals surface area contributed by atoms with Gasteiger partial charge in [0.05, 0.1) is 6.20 Å². The van der Waals surface area contributed by atoms with Crippen LogP contribution in [-0.2, 0) is 0 Å². The van der Waals surface area contributed by atoms with Gasteiger partial charge >= 0.3 is 0 Å². The maximum atomic E-state index is 13.1. The minimum Gasteiger partial charge on any atom is -0.288 e. The molecule has 0 N–H and O–H groups in total. The summed E-state index contributed by atoms with van der Waals surface area (Å²) in [5, 5.41) is 0.00472. The first-order valence-electron chi connectivity index (χ1n) is 3.44. The first kappa shape index (κ1) is 8.12. The van der Waals surface area contributed by atoms with Crippen molar-refractivity contribution in [3.63, 3.8) is 0 Å². The van der Waals surface area contributed by atoms with E-state index in [9.17, 15) is 4.39 Å². The highest BCUT2D eigenvalue weighted by Gasteiger charge is 2.06. The molecule has 0 bridgehead atoms. The van der Waals surface area contributed by atoms with Crippen LogP contribution < -0.4 is 0 Å². The van der Waals surface area contributed by atoms with Gasteiger partial charge in [-0.3, -0.25) is 4.57 Å². The molecule has 0 fully saturated rings. The average molecular weight is 199 g/mol. The van der Waals surface area contributed by atoms with Crippen LogP contribution in [-0.4, -0.2) is 19.5 Å². The fourth-order valence-electron chi connectivity index (χ4n) is 0.903. The Bertz CT molecular complexity index is 414. The Kier molecular flexibility index (Phi) is 1.94. The van der Waals surface area contributed by atoms with Gasteiger partial charge in [0.2, 0.25) is 5.28 Å². The molecule has 0 aliphatic rings. The highest BCUT2D eigenvalue weighted by molar-refractivity contribution is 6.28. The Balaban J connectivity index is 2.57. The molecule has 2 rings (SSSR count). The van der Waals surface area contributed by atoms with E-state index in [1.807, 2.05) is 0 Å². The Hall–Kier alpha value is -1.49. The van der Waals surface area contributed by atoms with E-state index >= 15 is 0 Å². The maximum absolute atomic E-state index is 13.1. The second-order valence-corrected chi connectivity index (χ2v) is 2.62.